The molecule has 100 valence electrons. The summed E-state index contributed by atoms with van der Waals surface area (Å²) in [5.41, 5.74) is 1.99. The maximum atomic E-state index is 11.1. The molecule has 0 atom stereocenters. The number of carboxylic acid groups (broad SMARTS) is 1. The van der Waals surface area contributed by atoms with Gasteiger partial charge in [-0.1, -0.05) is 6.92 Å². The van der Waals surface area contributed by atoms with E-state index >= 15 is 0 Å². The van der Waals surface area contributed by atoms with E-state index in [1.165, 1.54) is 11.3 Å². The molecule has 0 aliphatic heterocycles. The van der Waals surface area contributed by atoms with Crippen molar-refractivity contribution in [1.82, 2.24) is 4.98 Å². The summed E-state index contributed by atoms with van der Waals surface area (Å²) in [5.74, 6) is -0.502. The Labute approximate surface area is 115 Å². The molecule has 0 fully saturated rings. The number of nitrogens with zero attached hydrogens (tertiary/aromatic N) is 1. The number of hydrogen-bond donors (Lipinski definition) is 1. The van der Waals surface area contributed by atoms with E-state index in [0.29, 0.717) is 12.4 Å². The van der Waals surface area contributed by atoms with E-state index in [9.17, 15) is 4.79 Å². The SMILES string of the molecule is CCc1cc(OCc2cncc(C)c2)c(C(=O)O)s1. The second kappa shape index (κ2) is 5.84. The fourth-order valence-corrected chi connectivity index (χ4v) is 2.59. The Kier molecular flexibility index (Phi) is 4.16. The van der Waals surface area contributed by atoms with Crippen LogP contribution in [0, 0.1) is 6.92 Å². The maximum absolute atomic E-state index is 11.1. The topological polar surface area (TPSA) is 59.4 Å². The minimum Gasteiger partial charge on any atom is -0.487 e. The first-order valence-electron chi connectivity index (χ1n) is 5.99. The minimum absolute atomic E-state index is 0.262. The molecule has 0 bridgehead atoms. The lowest BCUT2D eigenvalue weighted by molar-refractivity contribution is 0.0697. The average Bonchev–Trinajstić information content (AvgIpc) is 2.80. The fraction of sp³-hybridized carbons (Fsp3) is 0.286. The summed E-state index contributed by atoms with van der Waals surface area (Å²) in [6, 6.07) is 3.78. The molecule has 0 saturated heterocycles. The molecule has 4 nitrogen and oxygen atoms in total. The Hall–Kier alpha value is -1.88. The zero-order valence-corrected chi connectivity index (χ0v) is 11.7. The van der Waals surface area contributed by atoms with Crippen LogP contribution in [0.1, 0.15) is 32.6 Å². The first kappa shape index (κ1) is 13.5. The van der Waals surface area contributed by atoms with Gasteiger partial charge in [0.1, 0.15) is 12.4 Å². The number of ether oxygens (including phenoxy) is 1. The highest BCUT2D eigenvalue weighted by Gasteiger charge is 2.16. The van der Waals surface area contributed by atoms with Crippen LogP contribution in [0.2, 0.25) is 0 Å². The first-order chi connectivity index (χ1) is 9.10. The summed E-state index contributed by atoms with van der Waals surface area (Å²) in [5, 5.41) is 9.13. The molecule has 2 rings (SSSR count). The molecular weight excluding hydrogens is 262 g/mol. The molecule has 0 radical (unpaired) electrons. The molecule has 0 aliphatic rings. The van der Waals surface area contributed by atoms with Crippen molar-refractivity contribution in [2.24, 2.45) is 0 Å². The summed E-state index contributed by atoms with van der Waals surface area (Å²) in [6.45, 7) is 4.28. The number of pyridine rings is 1. The van der Waals surface area contributed by atoms with Crippen molar-refractivity contribution in [3.05, 3.63) is 45.4 Å². The van der Waals surface area contributed by atoms with Crippen molar-refractivity contribution >= 4 is 17.3 Å². The first-order valence-corrected chi connectivity index (χ1v) is 6.81. The third-order valence-corrected chi connectivity index (χ3v) is 3.87. The van der Waals surface area contributed by atoms with Crippen LogP contribution in [0.15, 0.2) is 24.5 Å². The Balaban J connectivity index is 2.14. The van der Waals surface area contributed by atoms with Crippen molar-refractivity contribution in [1.29, 1.82) is 0 Å². The molecule has 2 aromatic heterocycles. The molecule has 1 N–H and O–H groups in total. The quantitative estimate of drug-likeness (QED) is 0.911. The van der Waals surface area contributed by atoms with Crippen molar-refractivity contribution < 1.29 is 14.6 Å². The van der Waals surface area contributed by atoms with Gasteiger partial charge in [0.25, 0.3) is 0 Å². The van der Waals surface area contributed by atoms with E-state index < -0.39 is 5.97 Å². The van der Waals surface area contributed by atoms with Gasteiger partial charge in [0.15, 0.2) is 4.88 Å². The van der Waals surface area contributed by atoms with Gasteiger partial charge in [0.05, 0.1) is 0 Å². The van der Waals surface area contributed by atoms with E-state index in [1.54, 1.807) is 18.5 Å². The molecule has 5 heteroatoms. The van der Waals surface area contributed by atoms with Gasteiger partial charge < -0.3 is 9.84 Å². The van der Waals surface area contributed by atoms with Crippen LogP contribution >= 0.6 is 11.3 Å². The van der Waals surface area contributed by atoms with E-state index in [-0.39, 0.29) is 4.88 Å². The summed E-state index contributed by atoms with van der Waals surface area (Å²) in [4.78, 5) is 16.5. The molecule has 0 spiro atoms. The van der Waals surface area contributed by atoms with Crippen LogP contribution in [0.5, 0.6) is 5.75 Å². The number of carboxylic acids is 1. The predicted molar refractivity (Wildman–Crippen MR) is 74.0 cm³/mol. The van der Waals surface area contributed by atoms with Crippen LogP contribution in [0.4, 0.5) is 0 Å². The van der Waals surface area contributed by atoms with Gasteiger partial charge in [-0.2, -0.15) is 0 Å². The third-order valence-electron chi connectivity index (χ3n) is 2.62. The number of aromatic carboxylic acids is 1. The Morgan fingerprint density at radius 1 is 1.42 bits per heavy atom. The zero-order valence-electron chi connectivity index (χ0n) is 10.8. The molecule has 0 unspecified atom stereocenters. The molecule has 19 heavy (non-hydrogen) atoms. The van der Waals surface area contributed by atoms with E-state index in [2.05, 4.69) is 4.98 Å². The van der Waals surface area contributed by atoms with E-state index in [4.69, 9.17) is 9.84 Å². The van der Waals surface area contributed by atoms with Gasteiger partial charge in [0, 0.05) is 22.8 Å². The molecule has 2 heterocycles. The summed E-state index contributed by atoms with van der Waals surface area (Å²) in [7, 11) is 0. The lowest BCUT2D eigenvalue weighted by Crippen LogP contribution is -2.00. The van der Waals surface area contributed by atoms with E-state index in [1.807, 2.05) is 19.9 Å². The molecular formula is C14H15NO3S. The van der Waals surface area contributed by atoms with Gasteiger partial charge in [0.2, 0.25) is 0 Å². The standard InChI is InChI=1S/C14H15NO3S/c1-3-11-5-12(13(19-11)14(16)17)18-8-10-4-9(2)6-15-7-10/h4-7H,3,8H2,1-2H3,(H,16,17). The number of thiophene rings is 1. The maximum Gasteiger partial charge on any atom is 0.349 e. The van der Waals surface area contributed by atoms with Crippen LogP contribution in [0.3, 0.4) is 0 Å². The molecule has 0 aliphatic carbocycles. The van der Waals surface area contributed by atoms with Gasteiger partial charge in [-0.25, -0.2) is 4.79 Å². The summed E-state index contributed by atoms with van der Waals surface area (Å²) >= 11 is 1.27. The highest BCUT2D eigenvalue weighted by molar-refractivity contribution is 7.14. The van der Waals surface area contributed by atoms with Crippen molar-refractivity contribution in [3.8, 4) is 5.75 Å². The largest absolute Gasteiger partial charge is 0.487 e. The number of hydrogen-bond acceptors (Lipinski definition) is 4. The van der Waals surface area contributed by atoms with E-state index in [0.717, 1.165) is 22.4 Å². The number of carbonyl (C=O) groups is 1. The summed E-state index contributed by atoms with van der Waals surface area (Å²) < 4.78 is 5.61. The monoisotopic (exact) mass is 277 g/mol. The van der Waals surface area contributed by atoms with Gasteiger partial charge in [-0.3, -0.25) is 4.98 Å². The molecule has 0 amide bonds. The molecule has 0 aromatic carbocycles. The zero-order chi connectivity index (χ0) is 13.8. The van der Waals surface area contributed by atoms with Crippen LogP contribution < -0.4 is 4.74 Å². The van der Waals surface area contributed by atoms with Crippen molar-refractivity contribution in [3.63, 3.8) is 0 Å². The number of aromatic nitrogens is 1. The third kappa shape index (κ3) is 3.32. The van der Waals surface area contributed by atoms with Crippen LogP contribution in [-0.4, -0.2) is 16.1 Å². The fourth-order valence-electron chi connectivity index (χ4n) is 1.71. The van der Waals surface area contributed by atoms with Crippen LogP contribution in [-0.2, 0) is 13.0 Å². The number of rotatable bonds is 5. The number of aryl methyl sites for hydroxylation is 2. The Morgan fingerprint density at radius 2 is 2.21 bits per heavy atom. The predicted octanol–water partition coefficient (Wildman–Crippen LogP) is 3.29. The van der Waals surface area contributed by atoms with Crippen molar-refractivity contribution in [2.45, 2.75) is 26.9 Å². The Morgan fingerprint density at radius 3 is 2.84 bits per heavy atom. The van der Waals surface area contributed by atoms with Gasteiger partial charge in [-0.05, 0) is 31.0 Å². The minimum atomic E-state index is -0.943. The smallest absolute Gasteiger partial charge is 0.349 e. The highest BCUT2D eigenvalue weighted by atomic mass is 32.1. The lowest BCUT2D eigenvalue weighted by atomic mass is 10.2. The Bertz CT molecular complexity index is 592. The van der Waals surface area contributed by atoms with Crippen LogP contribution in [0.25, 0.3) is 0 Å². The van der Waals surface area contributed by atoms with Gasteiger partial charge in [-0.15, -0.1) is 11.3 Å². The normalized spacial score (nSPS) is 10.4. The molecule has 2 aromatic rings. The van der Waals surface area contributed by atoms with Crippen molar-refractivity contribution in [2.75, 3.05) is 0 Å². The lowest BCUT2D eigenvalue weighted by Gasteiger charge is -2.05. The highest BCUT2D eigenvalue weighted by Crippen LogP contribution is 2.30. The second-order valence-corrected chi connectivity index (χ2v) is 5.36. The molecule has 0 saturated carbocycles. The summed E-state index contributed by atoms with van der Waals surface area (Å²) in [6.07, 6.45) is 4.30. The second-order valence-electron chi connectivity index (χ2n) is 4.22. The van der Waals surface area contributed by atoms with Gasteiger partial charge >= 0.3 is 5.97 Å². The average molecular weight is 277 g/mol.